The first-order chi connectivity index (χ1) is 8.27. The van der Waals surface area contributed by atoms with Gasteiger partial charge in [-0.2, -0.15) is 0 Å². The van der Waals surface area contributed by atoms with Crippen LogP contribution < -0.4 is 5.32 Å². The maximum Gasteiger partial charge on any atom is 0.0965 e. The van der Waals surface area contributed by atoms with Gasteiger partial charge in [0.2, 0.25) is 0 Å². The number of hydrogen-bond donors (Lipinski definition) is 1. The van der Waals surface area contributed by atoms with E-state index in [1.807, 2.05) is 30.0 Å². The Labute approximate surface area is 106 Å². The zero-order valence-electron chi connectivity index (χ0n) is 10.2. The normalized spacial score (nSPS) is 12.6. The van der Waals surface area contributed by atoms with Crippen LogP contribution in [-0.2, 0) is 6.54 Å². The predicted molar refractivity (Wildman–Crippen MR) is 71.2 cm³/mol. The van der Waals surface area contributed by atoms with Crippen LogP contribution in [-0.4, -0.2) is 16.5 Å². The summed E-state index contributed by atoms with van der Waals surface area (Å²) in [7, 11) is 0. The molecule has 0 radical (unpaired) electrons. The Kier molecular flexibility index (Phi) is 4.23. The van der Waals surface area contributed by atoms with Gasteiger partial charge in [0, 0.05) is 43.0 Å². The van der Waals surface area contributed by atoms with Crippen LogP contribution in [0.15, 0.2) is 30.0 Å². The van der Waals surface area contributed by atoms with Crippen molar-refractivity contribution in [2.75, 3.05) is 6.54 Å². The molecule has 3 nitrogen and oxygen atoms in total. The summed E-state index contributed by atoms with van der Waals surface area (Å²) in [5.74, 6) is 0.465. The van der Waals surface area contributed by atoms with Gasteiger partial charge in [-0.25, -0.2) is 4.98 Å². The Morgan fingerprint density at radius 1 is 1.41 bits per heavy atom. The second-order valence-electron chi connectivity index (χ2n) is 4.20. The fourth-order valence-corrected chi connectivity index (χ4v) is 2.37. The van der Waals surface area contributed by atoms with Crippen molar-refractivity contribution >= 4 is 11.3 Å². The number of pyridine rings is 1. The summed E-state index contributed by atoms with van der Waals surface area (Å²) in [6.07, 6.45) is 5.62. The predicted octanol–water partition coefficient (Wildman–Crippen LogP) is 2.74. The number of thiazole rings is 1. The van der Waals surface area contributed by atoms with Crippen LogP contribution in [0.2, 0.25) is 0 Å². The molecule has 0 aromatic carbocycles. The summed E-state index contributed by atoms with van der Waals surface area (Å²) < 4.78 is 0. The van der Waals surface area contributed by atoms with Crippen LogP contribution >= 0.6 is 11.3 Å². The van der Waals surface area contributed by atoms with Crippen LogP contribution in [0.4, 0.5) is 0 Å². The minimum Gasteiger partial charge on any atom is -0.312 e. The number of nitrogens with zero attached hydrogens (tertiary/aromatic N) is 2. The molecule has 2 heterocycles. The topological polar surface area (TPSA) is 37.8 Å². The third-order valence-corrected chi connectivity index (χ3v) is 3.79. The van der Waals surface area contributed by atoms with Crippen molar-refractivity contribution in [2.24, 2.45) is 0 Å². The molecule has 2 rings (SSSR count). The van der Waals surface area contributed by atoms with Gasteiger partial charge in [-0.3, -0.25) is 4.98 Å². The fraction of sp³-hybridized carbons (Fsp3) is 0.385. The summed E-state index contributed by atoms with van der Waals surface area (Å²) in [4.78, 5) is 8.47. The lowest BCUT2D eigenvalue weighted by Crippen LogP contribution is -2.20. The third kappa shape index (κ3) is 3.35. The lowest BCUT2D eigenvalue weighted by molar-refractivity contribution is 0.610. The van der Waals surface area contributed by atoms with Crippen LogP contribution in [0.1, 0.15) is 29.0 Å². The molecule has 0 aliphatic carbocycles. The van der Waals surface area contributed by atoms with Gasteiger partial charge in [0.15, 0.2) is 0 Å². The molecular formula is C13H17N3S. The molecule has 0 spiro atoms. The number of rotatable bonds is 5. The van der Waals surface area contributed by atoms with Crippen molar-refractivity contribution in [3.05, 3.63) is 46.2 Å². The first-order valence-corrected chi connectivity index (χ1v) is 6.65. The van der Waals surface area contributed by atoms with E-state index in [1.165, 1.54) is 16.1 Å². The molecule has 90 valence electrons. The molecule has 0 aliphatic rings. The lowest BCUT2D eigenvalue weighted by Gasteiger charge is -2.11. The molecule has 17 heavy (non-hydrogen) atoms. The Morgan fingerprint density at radius 3 is 3.00 bits per heavy atom. The minimum atomic E-state index is 0.465. The van der Waals surface area contributed by atoms with Crippen molar-refractivity contribution in [1.82, 2.24) is 15.3 Å². The summed E-state index contributed by atoms with van der Waals surface area (Å²) >= 11 is 1.72. The maximum absolute atomic E-state index is 4.33. The van der Waals surface area contributed by atoms with E-state index >= 15 is 0 Å². The fourth-order valence-electron chi connectivity index (χ4n) is 1.67. The Morgan fingerprint density at radius 2 is 2.29 bits per heavy atom. The van der Waals surface area contributed by atoms with Gasteiger partial charge in [-0.1, -0.05) is 6.92 Å². The first-order valence-electron chi connectivity index (χ1n) is 5.77. The van der Waals surface area contributed by atoms with Crippen LogP contribution in [0.25, 0.3) is 0 Å². The standard InChI is InChI=1S/C13H17N3S/c1-10-3-4-14-8-12(10)9-15-7-11(2)13-16-5-6-17-13/h3-6,8,11,15H,7,9H2,1-2H3. The molecule has 1 N–H and O–H groups in total. The summed E-state index contributed by atoms with van der Waals surface area (Å²) in [5.41, 5.74) is 2.55. The van der Waals surface area contributed by atoms with Crippen molar-refractivity contribution < 1.29 is 0 Å². The van der Waals surface area contributed by atoms with Gasteiger partial charge in [-0.05, 0) is 24.1 Å². The summed E-state index contributed by atoms with van der Waals surface area (Å²) in [6, 6.07) is 2.04. The van der Waals surface area contributed by atoms with Gasteiger partial charge in [0.1, 0.15) is 0 Å². The highest BCUT2D eigenvalue weighted by atomic mass is 32.1. The van der Waals surface area contributed by atoms with E-state index in [0.717, 1.165) is 13.1 Å². The molecule has 0 aliphatic heterocycles. The highest BCUT2D eigenvalue weighted by Gasteiger charge is 2.07. The van der Waals surface area contributed by atoms with E-state index in [0.29, 0.717) is 5.92 Å². The van der Waals surface area contributed by atoms with Crippen LogP contribution in [0.3, 0.4) is 0 Å². The molecule has 0 amide bonds. The van der Waals surface area contributed by atoms with E-state index in [2.05, 4.69) is 29.1 Å². The van der Waals surface area contributed by atoms with Crippen molar-refractivity contribution in [3.8, 4) is 0 Å². The number of aromatic nitrogens is 2. The lowest BCUT2D eigenvalue weighted by atomic mass is 10.1. The van der Waals surface area contributed by atoms with Crippen molar-refractivity contribution in [1.29, 1.82) is 0 Å². The highest BCUT2D eigenvalue weighted by Crippen LogP contribution is 2.16. The second kappa shape index (κ2) is 5.89. The average molecular weight is 247 g/mol. The largest absolute Gasteiger partial charge is 0.312 e. The van der Waals surface area contributed by atoms with E-state index in [9.17, 15) is 0 Å². The van der Waals surface area contributed by atoms with Crippen molar-refractivity contribution in [2.45, 2.75) is 26.3 Å². The van der Waals surface area contributed by atoms with E-state index in [1.54, 1.807) is 11.3 Å². The van der Waals surface area contributed by atoms with E-state index < -0.39 is 0 Å². The zero-order chi connectivity index (χ0) is 12.1. The summed E-state index contributed by atoms with van der Waals surface area (Å²) in [6.45, 7) is 6.13. The van der Waals surface area contributed by atoms with Gasteiger partial charge in [0.05, 0.1) is 5.01 Å². The SMILES string of the molecule is Cc1ccncc1CNCC(C)c1nccs1. The minimum absolute atomic E-state index is 0.465. The van der Waals surface area contributed by atoms with Crippen LogP contribution in [0.5, 0.6) is 0 Å². The zero-order valence-corrected chi connectivity index (χ0v) is 11.0. The maximum atomic E-state index is 4.33. The Hall–Kier alpha value is -1.26. The highest BCUT2D eigenvalue weighted by molar-refractivity contribution is 7.09. The first kappa shape index (κ1) is 12.2. The Balaban J connectivity index is 1.82. The molecule has 0 saturated heterocycles. The average Bonchev–Trinajstić information content (AvgIpc) is 2.85. The van der Waals surface area contributed by atoms with Gasteiger partial charge in [-0.15, -0.1) is 11.3 Å². The molecule has 0 fully saturated rings. The molecule has 1 unspecified atom stereocenters. The van der Waals surface area contributed by atoms with E-state index in [4.69, 9.17) is 0 Å². The molecule has 0 bridgehead atoms. The van der Waals surface area contributed by atoms with Gasteiger partial charge in [0.25, 0.3) is 0 Å². The van der Waals surface area contributed by atoms with Gasteiger partial charge < -0.3 is 5.32 Å². The molecule has 4 heteroatoms. The summed E-state index contributed by atoms with van der Waals surface area (Å²) in [5, 5.41) is 6.68. The van der Waals surface area contributed by atoms with Crippen molar-refractivity contribution in [3.63, 3.8) is 0 Å². The van der Waals surface area contributed by atoms with Gasteiger partial charge >= 0.3 is 0 Å². The van der Waals surface area contributed by atoms with Crippen LogP contribution in [0, 0.1) is 6.92 Å². The monoisotopic (exact) mass is 247 g/mol. The number of hydrogen-bond acceptors (Lipinski definition) is 4. The third-order valence-electron chi connectivity index (χ3n) is 2.79. The smallest absolute Gasteiger partial charge is 0.0965 e. The second-order valence-corrected chi connectivity index (χ2v) is 5.13. The molecular weight excluding hydrogens is 230 g/mol. The number of aryl methyl sites for hydroxylation is 1. The molecule has 0 saturated carbocycles. The number of nitrogens with one attached hydrogen (secondary N) is 1. The molecule has 1 atom stereocenters. The molecule has 2 aromatic heterocycles. The Bertz CT molecular complexity index is 453. The van der Waals surface area contributed by atoms with E-state index in [-0.39, 0.29) is 0 Å². The molecule has 2 aromatic rings. The quantitative estimate of drug-likeness (QED) is 0.883.